The normalized spacial score (nSPS) is 35.9. The topological polar surface area (TPSA) is 29.1 Å². The molecular weight excluding hydrogens is 198 g/mol. The molecule has 1 fully saturated rings. The molecule has 0 aromatic heterocycles. The van der Waals surface area contributed by atoms with Crippen molar-refractivity contribution in [1.82, 2.24) is 0 Å². The Kier molecular flexibility index (Phi) is 1.55. The largest absolute Gasteiger partial charge is 0.325 e. The van der Waals surface area contributed by atoms with Gasteiger partial charge < -0.3 is 5.32 Å². The molecule has 1 N–H and O–H groups in total. The average Bonchev–Trinajstić information content (AvgIpc) is 2.27. The number of fused-ring (bicyclic) bond motifs is 3. The molecule has 16 heavy (non-hydrogen) atoms. The molecule has 0 bridgehead atoms. The summed E-state index contributed by atoms with van der Waals surface area (Å²) in [4.78, 5) is 12.2. The van der Waals surface area contributed by atoms with E-state index in [0.717, 1.165) is 17.7 Å². The maximum absolute atomic E-state index is 12.2. The van der Waals surface area contributed by atoms with Gasteiger partial charge in [0.25, 0.3) is 0 Å². The van der Waals surface area contributed by atoms with Crippen molar-refractivity contribution in [3.63, 3.8) is 0 Å². The van der Waals surface area contributed by atoms with Crippen molar-refractivity contribution in [2.24, 2.45) is 5.41 Å². The molecule has 0 unspecified atom stereocenters. The van der Waals surface area contributed by atoms with Crippen LogP contribution in [-0.2, 0) is 10.2 Å². The van der Waals surface area contributed by atoms with E-state index in [1.165, 1.54) is 5.56 Å². The van der Waals surface area contributed by atoms with Crippen LogP contribution in [0.15, 0.2) is 36.4 Å². The van der Waals surface area contributed by atoms with Crippen molar-refractivity contribution in [2.75, 3.05) is 5.32 Å². The predicted octanol–water partition coefficient (Wildman–Crippen LogP) is 2.86. The molecule has 3 rings (SSSR count). The number of anilines is 1. The van der Waals surface area contributed by atoms with Crippen molar-refractivity contribution in [3.8, 4) is 0 Å². The van der Waals surface area contributed by atoms with Crippen LogP contribution in [0.2, 0.25) is 0 Å². The van der Waals surface area contributed by atoms with Gasteiger partial charge in [-0.1, -0.05) is 37.3 Å². The summed E-state index contributed by atoms with van der Waals surface area (Å²) >= 11 is 0. The maximum Gasteiger partial charge on any atom is 0.235 e. The molecule has 0 radical (unpaired) electrons. The van der Waals surface area contributed by atoms with E-state index in [2.05, 4.69) is 24.9 Å². The number of amides is 1. The summed E-state index contributed by atoms with van der Waals surface area (Å²) in [6.45, 7) is 8.19. The van der Waals surface area contributed by atoms with E-state index < -0.39 is 5.41 Å². The van der Waals surface area contributed by atoms with Gasteiger partial charge in [0.2, 0.25) is 5.91 Å². The van der Waals surface area contributed by atoms with E-state index >= 15 is 0 Å². The fraction of sp³-hybridized carbons (Fsp3) is 0.357. The zero-order valence-corrected chi connectivity index (χ0v) is 9.63. The van der Waals surface area contributed by atoms with Crippen LogP contribution in [-0.4, -0.2) is 5.91 Å². The fourth-order valence-electron chi connectivity index (χ4n) is 3.16. The van der Waals surface area contributed by atoms with E-state index in [1.54, 1.807) is 0 Å². The van der Waals surface area contributed by atoms with Gasteiger partial charge in [0.05, 0.1) is 5.41 Å². The molecule has 1 aliphatic heterocycles. The van der Waals surface area contributed by atoms with E-state index in [4.69, 9.17) is 0 Å². The van der Waals surface area contributed by atoms with Crippen LogP contribution in [0.25, 0.3) is 0 Å². The summed E-state index contributed by atoms with van der Waals surface area (Å²) in [6, 6.07) is 8.07. The Morgan fingerprint density at radius 3 is 2.69 bits per heavy atom. The molecule has 0 saturated heterocycles. The van der Waals surface area contributed by atoms with Gasteiger partial charge in [0, 0.05) is 11.1 Å². The summed E-state index contributed by atoms with van der Waals surface area (Å²) < 4.78 is 0. The van der Waals surface area contributed by atoms with E-state index in [-0.39, 0.29) is 11.3 Å². The van der Waals surface area contributed by atoms with Crippen LogP contribution < -0.4 is 5.32 Å². The zero-order valence-electron chi connectivity index (χ0n) is 9.63. The van der Waals surface area contributed by atoms with Gasteiger partial charge in [0.1, 0.15) is 0 Å². The van der Waals surface area contributed by atoms with Crippen molar-refractivity contribution < 1.29 is 4.79 Å². The molecule has 82 valence electrons. The molecule has 2 atom stereocenters. The van der Waals surface area contributed by atoms with Crippen LogP contribution in [0.5, 0.6) is 0 Å². The summed E-state index contributed by atoms with van der Waals surface area (Å²) in [5, 5.41) is 2.99. The second-order valence-electron chi connectivity index (χ2n) is 5.24. The van der Waals surface area contributed by atoms with Gasteiger partial charge in [-0.2, -0.15) is 0 Å². The van der Waals surface area contributed by atoms with Gasteiger partial charge in [-0.25, -0.2) is 0 Å². The summed E-state index contributed by atoms with van der Waals surface area (Å²) in [5.74, 6) is 0.0879. The smallest absolute Gasteiger partial charge is 0.235 e. The van der Waals surface area contributed by atoms with Crippen molar-refractivity contribution >= 4 is 11.6 Å². The standard InChI is InChI=1S/C14H15NO/c1-9-8-13(2)10-6-4-5-7-11(10)15-12(16)14(9,13)3/h4-7H,1,8H2,2-3H3,(H,15,16)/t13-,14+/m1/s1. The number of para-hydroxylation sites is 1. The van der Waals surface area contributed by atoms with Crippen LogP contribution in [0.4, 0.5) is 5.69 Å². The lowest BCUT2D eigenvalue weighted by Gasteiger charge is -2.59. The van der Waals surface area contributed by atoms with Gasteiger partial charge >= 0.3 is 0 Å². The molecule has 1 amide bonds. The van der Waals surface area contributed by atoms with Crippen LogP contribution in [0, 0.1) is 5.41 Å². The highest BCUT2D eigenvalue weighted by Gasteiger charge is 2.63. The first-order valence-electron chi connectivity index (χ1n) is 5.59. The first kappa shape index (κ1) is 9.64. The molecule has 2 aliphatic rings. The molecule has 1 saturated carbocycles. The van der Waals surface area contributed by atoms with Gasteiger partial charge in [-0.3, -0.25) is 4.79 Å². The lowest BCUT2D eigenvalue weighted by atomic mass is 9.44. The minimum atomic E-state index is -0.429. The molecule has 1 heterocycles. The molecule has 2 nitrogen and oxygen atoms in total. The Morgan fingerprint density at radius 2 is 2.00 bits per heavy atom. The van der Waals surface area contributed by atoms with Crippen molar-refractivity contribution in [3.05, 3.63) is 42.0 Å². The molecule has 2 heteroatoms. The molecular formula is C14H15NO. The van der Waals surface area contributed by atoms with Gasteiger partial charge in [0.15, 0.2) is 0 Å². The number of hydrogen-bond donors (Lipinski definition) is 1. The highest BCUT2D eigenvalue weighted by Crippen LogP contribution is 2.64. The van der Waals surface area contributed by atoms with E-state index in [9.17, 15) is 4.79 Å². The minimum absolute atomic E-state index is 0.0803. The van der Waals surface area contributed by atoms with E-state index in [0.29, 0.717) is 0 Å². The van der Waals surface area contributed by atoms with E-state index in [1.807, 2.05) is 25.1 Å². The van der Waals surface area contributed by atoms with Crippen LogP contribution in [0.1, 0.15) is 25.8 Å². The minimum Gasteiger partial charge on any atom is -0.325 e. The number of nitrogens with one attached hydrogen (secondary N) is 1. The number of hydrogen-bond acceptors (Lipinski definition) is 1. The second kappa shape index (κ2) is 2.57. The molecule has 0 spiro atoms. The highest BCUT2D eigenvalue weighted by atomic mass is 16.2. The molecule has 1 aromatic rings. The third-order valence-corrected chi connectivity index (χ3v) is 4.60. The van der Waals surface area contributed by atoms with Crippen molar-refractivity contribution in [2.45, 2.75) is 25.7 Å². The van der Waals surface area contributed by atoms with Crippen LogP contribution >= 0.6 is 0 Å². The average molecular weight is 213 g/mol. The van der Waals surface area contributed by atoms with Crippen LogP contribution in [0.3, 0.4) is 0 Å². The van der Waals surface area contributed by atoms with Crippen molar-refractivity contribution in [1.29, 1.82) is 0 Å². The Morgan fingerprint density at radius 1 is 1.31 bits per heavy atom. The fourth-order valence-corrected chi connectivity index (χ4v) is 3.16. The maximum atomic E-state index is 12.2. The number of rotatable bonds is 0. The second-order valence-corrected chi connectivity index (χ2v) is 5.24. The first-order valence-corrected chi connectivity index (χ1v) is 5.59. The first-order chi connectivity index (χ1) is 7.50. The van der Waals surface area contributed by atoms with Gasteiger partial charge in [-0.15, -0.1) is 0 Å². The molecule has 1 aromatic carbocycles. The third-order valence-electron chi connectivity index (χ3n) is 4.60. The zero-order chi connectivity index (χ0) is 11.6. The highest BCUT2D eigenvalue weighted by molar-refractivity contribution is 6.03. The lowest BCUT2D eigenvalue weighted by Crippen LogP contribution is -2.61. The quantitative estimate of drug-likeness (QED) is 0.660. The predicted molar refractivity (Wildman–Crippen MR) is 64.3 cm³/mol. The number of benzene rings is 1. The summed E-state index contributed by atoms with van der Waals surface area (Å²) in [6.07, 6.45) is 0.911. The Bertz CT molecular complexity index is 519. The number of carbonyl (C=O) groups is 1. The lowest BCUT2D eigenvalue weighted by molar-refractivity contribution is -0.130. The SMILES string of the molecule is C=C1C[C@]2(C)c3ccccc3NC(=O)[C@]12C. The monoisotopic (exact) mass is 213 g/mol. The Balaban J connectivity index is 2.27. The Hall–Kier alpha value is -1.57. The summed E-state index contributed by atoms with van der Waals surface area (Å²) in [7, 11) is 0. The summed E-state index contributed by atoms with van der Waals surface area (Å²) in [5.41, 5.74) is 2.73. The Labute approximate surface area is 95.4 Å². The third kappa shape index (κ3) is 0.787. The van der Waals surface area contributed by atoms with Gasteiger partial charge in [-0.05, 0) is 25.0 Å². The number of carbonyl (C=O) groups excluding carboxylic acids is 1. The molecule has 1 aliphatic carbocycles.